The van der Waals surface area contributed by atoms with Crippen LogP contribution in [0, 0.1) is 28.6 Å². The molecule has 0 unspecified atom stereocenters. The van der Waals surface area contributed by atoms with Crippen LogP contribution in [0.25, 0.3) is 0 Å². The Balaban J connectivity index is 2.80. The highest BCUT2D eigenvalue weighted by Crippen LogP contribution is 2.59. The zero-order valence-electron chi connectivity index (χ0n) is 8.44. The summed E-state index contributed by atoms with van der Waals surface area (Å²) in [6.07, 6.45) is 1.60. The number of hydrogen-bond acceptors (Lipinski definition) is 3. The molecule has 0 aromatic carbocycles. The van der Waals surface area contributed by atoms with E-state index in [1.807, 2.05) is 19.9 Å². The van der Waals surface area contributed by atoms with Crippen molar-refractivity contribution in [2.24, 2.45) is 17.3 Å². The summed E-state index contributed by atoms with van der Waals surface area (Å²) in [4.78, 5) is 10.8. The topological polar surface area (TPSA) is 70.3 Å². The number of nitriles is 1. The van der Waals surface area contributed by atoms with Crippen molar-refractivity contribution in [3.8, 4) is 6.07 Å². The van der Waals surface area contributed by atoms with E-state index in [0.717, 1.165) is 0 Å². The molecule has 1 aliphatic rings. The molecule has 2 atom stereocenters. The minimum atomic E-state index is -0.815. The van der Waals surface area contributed by atoms with Crippen LogP contribution in [0.2, 0.25) is 0 Å². The molecule has 0 aromatic heterocycles. The summed E-state index contributed by atoms with van der Waals surface area (Å²) in [5.74, 6) is -1.13. The van der Waals surface area contributed by atoms with Gasteiger partial charge in [-0.3, -0.25) is 4.79 Å². The number of hydrogen-bond donors (Lipinski definition) is 1. The molecular formula is C10H13NO3. The maximum Gasteiger partial charge on any atom is 0.307 e. The largest absolute Gasteiger partial charge is 0.487 e. The van der Waals surface area contributed by atoms with Crippen molar-refractivity contribution in [3.63, 3.8) is 0 Å². The van der Waals surface area contributed by atoms with Gasteiger partial charge in [0.25, 0.3) is 0 Å². The van der Waals surface area contributed by atoms with Gasteiger partial charge in [-0.1, -0.05) is 13.8 Å². The van der Waals surface area contributed by atoms with Crippen LogP contribution in [0.1, 0.15) is 13.8 Å². The van der Waals surface area contributed by atoms with E-state index in [0.29, 0.717) is 0 Å². The average Bonchev–Trinajstić information content (AvgIpc) is 2.63. The van der Waals surface area contributed by atoms with Crippen molar-refractivity contribution in [2.45, 2.75) is 13.8 Å². The highest BCUT2D eigenvalue weighted by atomic mass is 16.5. The van der Waals surface area contributed by atoms with Gasteiger partial charge in [0.1, 0.15) is 6.07 Å². The van der Waals surface area contributed by atoms with Crippen molar-refractivity contribution < 1.29 is 14.6 Å². The van der Waals surface area contributed by atoms with Crippen LogP contribution >= 0.6 is 0 Å². The fourth-order valence-electron chi connectivity index (χ4n) is 1.77. The van der Waals surface area contributed by atoms with Gasteiger partial charge in [-0.05, 0) is 11.5 Å². The molecule has 4 nitrogen and oxygen atoms in total. The molecule has 76 valence electrons. The Morgan fingerprint density at radius 1 is 1.64 bits per heavy atom. The van der Waals surface area contributed by atoms with Gasteiger partial charge in [0.05, 0.1) is 13.0 Å². The van der Waals surface area contributed by atoms with Crippen molar-refractivity contribution in [3.05, 3.63) is 11.8 Å². The number of rotatable bonds is 3. The van der Waals surface area contributed by atoms with Gasteiger partial charge in [-0.25, -0.2) is 0 Å². The number of aliphatic carboxylic acids is 1. The molecule has 0 bridgehead atoms. The zero-order valence-corrected chi connectivity index (χ0v) is 8.44. The first-order valence-electron chi connectivity index (χ1n) is 4.34. The minimum absolute atomic E-state index is 0.102. The lowest BCUT2D eigenvalue weighted by molar-refractivity contribution is -0.139. The summed E-state index contributed by atoms with van der Waals surface area (Å²) >= 11 is 0. The number of carbonyl (C=O) groups is 1. The van der Waals surface area contributed by atoms with Gasteiger partial charge >= 0.3 is 5.97 Å². The minimum Gasteiger partial charge on any atom is -0.487 e. The van der Waals surface area contributed by atoms with Gasteiger partial charge in [0.2, 0.25) is 0 Å². The van der Waals surface area contributed by atoms with Crippen LogP contribution in [0.4, 0.5) is 0 Å². The van der Waals surface area contributed by atoms with Gasteiger partial charge < -0.3 is 9.84 Å². The monoisotopic (exact) mass is 195 g/mol. The number of methoxy groups -OCH3 is 1. The van der Waals surface area contributed by atoms with E-state index in [4.69, 9.17) is 15.1 Å². The predicted molar refractivity (Wildman–Crippen MR) is 49.1 cm³/mol. The second kappa shape index (κ2) is 3.33. The molecule has 0 radical (unpaired) electrons. The number of ether oxygens (including phenoxy) is 1. The fourth-order valence-corrected chi connectivity index (χ4v) is 1.77. The summed E-state index contributed by atoms with van der Waals surface area (Å²) in [7, 11) is 1.40. The van der Waals surface area contributed by atoms with Gasteiger partial charge in [-0.2, -0.15) is 5.26 Å². The third-order valence-electron chi connectivity index (χ3n) is 2.84. The molecule has 0 aliphatic heterocycles. The Morgan fingerprint density at radius 2 is 2.21 bits per heavy atom. The average molecular weight is 195 g/mol. The molecule has 0 aromatic rings. The van der Waals surface area contributed by atoms with E-state index in [1.165, 1.54) is 7.11 Å². The third kappa shape index (κ3) is 1.58. The first kappa shape index (κ1) is 10.6. The number of allylic oxidation sites excluding steroid dienone is 2. The second-order valence-corrected chi connectivity index (χ2v) is 4.01. The van der Waals surface area contributed by atoms with E-state index >= 15 is 0 Å². The van der Waals surface area contributed by atoms with E-state index < -0.39 is 11.9 Å². The van der Waals surface area contributed by atoms with Crippen LogP contribution in [0.5, 0.6) is 0 Å². The van der Waals surface area contributed by atoms with Crippen LogP contribution in [-0.2, 0) is 9.53 Å². The van der Waals surface area contributed by atoms with Gasteiger partial charge in [0.15, 0.2) is 5.76 Å². The number of nitrogens with zero attached hydrogens (tertiary/aromatic N) is 1. The highest BCUT2D eigenvalue weighted by molar-refractivity contribution is 5.76. The molecule has 0 amide bonds. The molecule has 0 spiro atoms. The summed E-state index contributed by atoms with van der Waals surface area (Å²) in [5, 5.41) is 17.5. The normalized spacial score (nSPS) is 29.1. The molecule has 0 saturated heterocycles. The molecule has 14 heavy (non-hydrogen) atoms. The van der Waals surface area contributed by atoms with Crippen molar-refractivity contribution in [1.29, 1.82) is 5.26 Å². The van der Waals surface area contributed by atoms with Crippen LogP contribution in [0.3, 0.4) is 0 Å². The zero-order chi connectivity index (χ0) is 10.9. The molecule has 1 fully saturated rings. The molecule has 1 rings (SSSR count). The summed E-state index contributed by atoms with van der Waals surface area (Å²) in [6.45, 7) is 3.75. The fraction of sp³-hybridized carbons (Fsp3) is 0.600. The molecular weight excluding hydrogens is 182 g/mol. The third-order valence-corrected chi connectivity index (χ3v) is 2.84. The standard InChI is InChI=1S/C10H13NO3/c1-10(2)7(8(10)9(12)13)4-6(5-11)14-3/h4,7-8H,1-3H3,(H,12,13)/t7-,8+/m1/s1. The summed E-state index contributed by atoms with van der Waals surface area (Å²) < 4.78 is 4.78. The second-order valence-electron chi connectivity index (χ2n) is 4.01. The van der Waals surface area contributed by atoms with Crippen LogP contribution < -0.4 is 0 Å². The Labute approximate surface area is 82.8 Å². The van der Waals surface area contributed by atoms with Gasteiger partial charge in [-0.15, -0.1) is 0 Å². The van der Waals surface area contributed by atoms with E-state index in [9.17, 15) is 4.79 Å². The molecule has 1 aliphatic carbocycles. The van der Waals surface area contributed by atoms with Crippen LogP contribution in [0.15, 0.2) is 11.8 Å². The van der Waals surface area contributed by atoms with E-state index in [2.05, 4.69) is 0 Å². The first-order valence-corrected chi connectivity index (χ1v) is 4.34. The number of carboxylic acid groups (broad SMARTS) is 1. The lowest BCUT2D eigenvalue weighted by Gasteiger charge is -1.97. The van der Waals surface area contributed by atoms with E-state index in [-0.39, 0.29) is 17.1 Å². The van der Waals surface area contributed by atoms with Crippen LogP contribution in [-0.4, -0.2) is 18.2 Å². The molecule has 4 heteroatoms. The first-order chi connectivity index (χ1) is 6.45. The molecule has 1 N–H and O–H groups in total. The van der Waals surface area contributed by atoms with Crippen molar-refractivity contribution in [1.82, 2.24) is 0 Å². The van der Waals surface area contributed by atoms with E-state index in [1.54, 1.807) is 6.08 Å². The quantitative estimate of drug-likeness (QED) is 0.545. The van der Waals surface area contributed by atoms with Crippen molar-refractivity contribution in [2.75, 3.05) is 7.11 Å². The highest BCUT2D eigenvalue weighted by Gasteiger charge is 2.61. The SMILES string of the molecule is COC(C#N)=C[C@@H]1[C@@H](C(=O)O)C1(C)C. The molecule has 1 saturated carbocycles. The maximum atomic E-state index is 10.8. The summed E-state index contributed by atoms with van der Waals surface area (Å²) in [6, 6.07) is 1.87. The maximum absolute atomic E-state index is 10.8. The number of carboxylic acids is 1. The molecule has 0 heterocycles. The van der Waals surface area contributed by atoms with Gasteiger partial charge in [0, 0.05) is 5.92 Å². The van der Waals surface area contributed by atoms with Crippen molar-refractivity contribution >= 4 is 5.97 Å². The smallest absolute Gasteiger partial charge is 0.307 e. The predicted octanol–water partition coefficient (Wildman–Crippen LogP) is 1.40. The summed E-state index contributed by atoms with van der Waals surface area (Å²) in [5.41, 5.74) is -0.271. The Morgan fingerprint density at radius 3 is 2.50 bits per heavy atom. The lowest BCUT2D eigenvalue weighted by atomic mass is 10.1. The Hall–Kier alpha value is -1.50. The lowest BCUT2D eigenvalue weighted by Crippen LogP contribution is -2.03. The Bertz CT molecular complexity index is 325. The Kier molecular flexibility index (Phi) is 2.52.